The van der Waals surface area contributed by atoms with Gasteiger partial charge in [-0.15, -0.1) is 11.3 Å². The summed E-state index contributed by atoms with van der Waals surface area (Å²) in [6.45, 7) is 5.35. The van der Waals surface area contributed by atoms with Crippen molar-refractivity contribution in [3.8, 4) is 0 Å². The zero-order valence-corrected chi connectivity index (χ0v) is 15.6. The fraction of sp³-hybridized carbons (Fsp3) is 0.400. The minimum Gasteiger partial charge on any atom is -0.342 e. The quantitative estimate of drug-likeness (QED) is 0.906. The normalized spacial score (nSPS) is 15.2. The highest BCUT2D eigenvalue weighted by Gasteiger charge is 2.27. The lowest BCUT2D eigenvalue weighted by Crippen LogP contribution is -2.42. The van der Waals surface area contributed by atoms with Crippen molar-refractivity contribution < 1.29 is 9.59 Å². The first kappa shape index (κ1) is 17.7. The number of thiophene rings is 1. The number of aryl methyl sites for hydroxylation is 2. The number of anilines is 1. The maximum atomic E-state index is 12.6. The first-order chi connectivity index (χ1) is 12.0. The lowest BCUT2D eigenvalue weighted by molar-refractivity contribution is -0.133. The zero-order chi connectivity index (χ0) is 17.8. The first-order valence-electron chi connectivity index (χ1n) is 8.71. The largest absolute Gasteiger partial charge is 0.342 e. The van der Waals surface area contributed by atoms with Crippen LogP contribution in [0.5, 0.6) is 0 Å². The Morgan fingerprint density at radius 2 is 1.96 bits per heavy atom. The second kappa shape index (κ2) is 7.83. The summed E-state index contributed by atoms with van der Waals surface area (Å²) in [5.74, 6) is 0.209. The summed E-state index contributed by atoms with van der Waals surface area (Å²) in [4.78, 5) is 27.9. The number of hydrogen-bond acceptors (Lipinski definition) is 3. The number of nitrogens with zero attached hydrogens (tertiary/aromatic N) is 1. The van der Waals surface area contributed by atoms with Crippen LogP contribution in [0.2, 0.25) is 0 Å². The van der Waals surface area contributed by atoms with Gasteiger partial charge in [-0.2, -0.15) is 0 Å². The van der Waals surface area contributed by atoms with E-state index in [0.717, 1.165) is 34.5 Å². The predicted molar refractivity (Wildman–Crippen MR) is 102 cm³/mol. The van der Waals surface area contributed by atoms with Crippen LogP contribution in [-0.2, 0) is 16.0 Å². The highest BCUT2D eigenvalue weighted by molar-refractivity contribution is 7.10. The molecule has 0 radical (unpaired) electrons. The summed E-state index contributed by atoms with van der Waals surface area (Å²) >= 11 is 1.61. The molecule has 1 N–H and O–H groups in total. The van der Waals surface area contributed by atoms with Crippen LogP contribution in [0.4, 0.5) is 5.69 Å². The van der Waals surface area contributed by atoms with E-state index in [2.05, 4.69) is 5.32 Å². The fourth-order valence-corrected chi connectivity index (χ4v) is 3.87. The number of amides is 2. The molecule has 2 aromatic rings. The first-order valence-corrected chi connectivity index (χ1v) is 9.59. The Morgan fingerprint density at radius 1 is 1.20 bits per heavy atom. The smallest absolute Gasteiger partial charge is 0.227 e. The fourth-order valence-electron chi connectivity index (χ4n) is 3.17. The minimum atomic E-state index is -0.0225. The molecular formula is C20H24N2O2S. The van der Waals surface area contributed by atoms with E-state index in [-0.39, 0.29) is 17.7 Å². The molecule has 4 nitrogen and oxygen atoms in total. The van der Waals surface area contributed by atoms with Gasteiger partial charge >= 0.3 is 0 Å². The lowest BCUT2D eigenvalue weighted by Gasteiger charge is -2.31. The average Bonchev–Trinajstić information content (AvgIpc) is 3.11. The number of rotatable bonds is 4. The summed E-state index contributed by atoms with van der Waals surface area (Å²) in [6, 6.07) is 10.0. The molecular weight excluding hydrogens is 332 g/mol. The number of hydrogen-bond donors (Lipinski definition) is 1. The number of piperidine rings is 1. The van der Waals surface area contributed by atoms with E-state index in [1.54, 1.807) is 11.3 Å². The van der Waals surface area contributed by atoms with Crippen LogP contribution in [0, 0.1) is 19.8 Å². The van der Waals surface area contributed by atoms with E-state index in [9.17, 15) is 9.59 Å². The van der Waals surface area contributed by atoms with Crippen molar-refractivity contribution in [1.29, 1.82) is 0 Å². The molecule has 0 unspecified atom stereocenters. The summed E-state index contributed by atoms with van der Waals surface area (Å²) < 4.78 is 0. The number of nitrogens with one attached hydrogen (secondary N) is 1. The van der Waals surface area contributed by atoms with Crippen molar-refractivity contribution >= 4 is 28.8 Å². The van der Waals surface area contributed by atoms with Crippen LogP contribution >= 0.6 is 11.3 Å². The van der Waals surface area contributed by atoms with Crippen molar-refractivity contribution in [2.75, 3.05) is 18.4 Å². The standard InChI is InChI=1S/C20H24N2O2S/c1-14-5-6-15(2)18(12-14)21-20(24)16-7-9-22(10-8-16)19(23)13-17-4-3-11-25-17/h3-6,11-12,16H,7-10,13H2,1-2H3,(H,21,24). The van der Waals surface area contributed by atoms with Crippen molar-refractivity contribution in [1.82, 2.24) is 4.90 Å². The molecule has 1 aliphatic rings. The summed E-state index contributed by atoms with van der Waals surface area (Å²) in [5, 5.41) is 5.05. The van der Waals surface area contributed by atoms with Crippen molar-refractivity contribution in [2.24, 2.45) is 5.92 Å². The van der Waals surface area contributed by atoms with E-state index in [1.165, 1.54) is 0 Å². The topological polar surface area (TPSA) is 49.4 Å². The number of likely N-dealkylation sites (tertiary alicyclic amines) is 1. The Bertz CT molecular complexity index is 747. The van der Waals surface area contributed by atoms with Gasteiger partial charge in [0.1, 0.15) is 0 Å². The summed E-state index contributed by atoms with van der Waals surface area (Å²) in [6.07, 6.45) is 1.93. The monoisotopic (exact) mass is 356 g/mol. The van der Waals surface area contributed by atoms with E-state index in [1.807, 2.05) is 54.5 Å². The van der Waals surface area contributed by atoms with Gasteiger partial charge in [-0.3, -0.25) is 9.59 Å². The van der Waals surface area contributed by atoms with Gasteiger partial charge in [-0.1, -0.05) is 18.2 Å². The molecule has 1 aromatic heterocycles. The third kappa shape index (κ3) is 4.48. The molecule has 0 saturated carbocycles. The lowest BCUT2D eigenvalue weighted by atomic mass is 9.95. The third-order valence-electron chi connectivity index (χ3n) is 4.77. The van der Waals surface area contributed by atoms with Gasteiger partial charge in [0.2, 0.25) is 11.8 Å². The summed E-state index contributed by atoms with van der Waals surface area (Å²) in [5.41, 5.74) is 3.10. The molecule has 2 amide bonds. The molecule has 1 aromatic carbocycles. The molecule has 132 valence electrons. The van der Waals surface area contributed by atoms with Crippen molar-refractivity contribution in [2.45, 2.75) is 33.1 Å². The van der Waals surface area contributed by atoms with Gasteiger partial charge in [0.05, 0.1) is 6.42 Å². The molecule has 0 spiro atoms. The summed E-state index contributed by atoms with van der Waals surface area (Å²) in [7, 11) is 0. The van der Waals surface area contributed by atoms with Gasteiger partial charge in [-0.25, -0.2) is 0 Å². The molecule has 0 bridgehead atoms. The Hall–Kier alpha value is -2.14. The maximum absolute atomic E-state index is 12.6. The highest BCUT2D eigenvalue weighted by atomic mass is 32.1. The van der Waals surface area contributed by atoms with E-state index >= 15 is 0 Å². The molecule has 3 rings (SSSR count). The number of carbonyl (C=O) groups is 2. The van der Waals surface area contributed by atoms with Gasteiger partial charge in [-0.05, 0) is 55.3 Å². The van der Waals surface area contributed by atoms with Crippen LogP contribution < -0.4 is 5.32 Å². The molecule has 0 atom stereocenters. The van der Waals surface area contributed by atoms with E-state index < -0.39 is 0 Å². The molecule has 1 fully saturated rings. The molecule has 1 saturated heterocycles. The van der Waals surface area contributed by atoms with Gasteiger partial charge < -0.3 is 10.2 Å². The maximum Gasteiger partial charge on any atom is 0.227 e. The Kier molecular flexibility index (Phi) is 5.53. The molecule has 0 aliphatic carbocycles. The zero-order valence-electron chi connectivity index (χ0n) is 14.7. The van der Waals surface area contributed by atoms with Crippen LogP contribution in [-0.4, -0.2) is 29.8 Å². The Labute approximate surface area is 152 Å². The van der Waals surface area contributed by atoms with Crippen LogP contribution in [0.15, 0.2) is 35.7 Å². The Morgan fingerprint density at radius 3 is 2.64 bits per heavy atom. The molecule has 25 heavy (non-hydrogen) atoms. The minimum absolute atomic E-state index is 0.0225. The van der Waals surface area contributed by atoms with Crippen LogP contribution in [0.25, 0.3) is 0 Å². The second-order valence-electron chi connectivity index (χ2n) is 6.72. The number of benzene rings is 1. The molecule has 2 heterocycles. The van der Waals surface area contributed by atoms with Gasteiger partial charge in [0, 0.05) is 29.6 Å². The predicted octanol–water partition coefficient (Wildman–Crippen LogP) is 3.78. The van der Waals surface area contributed by atoms with E-state index in [0.29, 0.717) is 19.5 Å². The Balaban J connectivity index is 1.52. The second-order valence-corrected chi connectivity index (χ2v) is 7.75. The third-order valence-corrected chi connectivity index (χ3v) is 5.65. The highest BCUT2D eigenvalue weighted by Crippen LogP contribution is 2.23. The van der Waals surface area contributed by atoms with Gasteiger partial charge in [0.15, 0.2) is 0 Å². The van der Waals surface area contributed by atoms with E-state index in [4.69, 9.17) is 0 Å². The van der Waals surface area contributed by atoms with Crippen molar-refractivity contribution in [3.63, 3.8) is 0 Å². The van der Waals surface area contributed by atoms with Crippen LogP contribution in [0.3, 0.4) is 0 Å². The average molecular weight is 356 g/mol. The van der Waals surface area contributed by atoms with Crippen LogP contribution in [0.1, 0.15) is 28.8 Å². The van der Waals surface area contributed by atoms with Crippen molar-refractivity contribution in [3.05, 3.63) is 51.7 Å². The SMILES string of the molecule is Cc1ccc(C)c(NC(=O)C2CCN(C(=O)Cc3cccs3)CC2)c1. The molecule has 5 heteroatoms. The number of carbonyl (C=O) groups excluding carboxylic acids is 2. The molecule has 1 aliphatic heterocycles. The van der Waals surface area contributed by atoms with Gasteiger partial charge in [0.25, 0.3) is 0 Å².